The predicted octanol–water partition coefficient (Wildman–Crippen LogP) is 4.03. The number of aromatic nitrogens is 1. The van der Waals surface area contributed by atoms with Crippen molar-refractivity contribution in [2.24, 2.45) is 0 Å². The van der Waals surface area contributed by atoms with Gasteiger partial charge in [-0.2, -0.15) is 0 Å². The average molecular weight is 384 g/mol. The van der Waals surface area contributed by atoms with Crippen molar-refractivity contribution in [2.75, 3.05) is 13.3 Å². The number of nitrogens with zero attached hydrogens (tertiary/aromatic N) is 2. The minimum Gasteiger partial charge on any atom is -0.459 e. The molecule has 0 saturated heterocycles. The molecule has 0 bridgehead atoms. The summed E-state index contributed by atoms with van der Waals surface area (Å²) < 4.78 is 16.4. The molecular formula is C20H20N2O4S. The number of thiazole rings is 1. The van der Waals surface area contributed by atoms with Crippen molar-refractivity contribution in [3.05, 3.63) is 52.7 Å². The highest BCUT2D eigenvalue weighted by Gasteiger charge is 2.18. The molecule has 1 amide bonds. The number of hydrogen-bond donors (Lipinski definition) is 0. The third-order valence-electron chi connectivity index (χ3n) is 4.38. The van der Waals surface area contributed by atoms with Crippen LogP contribution in [-0.2, 0) is 17.8 Å². The number of benzene rings is 1. The SMILES string of the molecule is CCN(Cc1ccc2c(c1)OCO2)C(=O)Cc1csc(-c2ccc(C)o2)n1. The molecule has 2 aromatic heterocycles. The number of amides is 1. The highest BCUT2D eigenvalue weighted by atomic mass is 32.1. The Bertz CT molecular complexity index is 963. The average Bonchev–Trinajstić information content (AvgIpc) is 3.39. The van der Waals surface area contributed by atoms with Crippen molar-refractivity contribution in [3.63, 3.8) is 0 Å². The summed E-state index contributed by atoms with van der Waals surface area (Å²) in [6.45, 7) is 5.28. The molecule has 1 aliphatic rings. The van der Waals surface area contributed by atoms with Crippen LogP contribution in [0.25, 0.3) is 10.8 Å². The van der Waals surface area contributed by atoms with Crippen molar-refractivity contribution in [1.82, 2.24) is 9.88 Å². The zero-order valence-corrected chi connectivity index (χ0v) is 16.0. The first-order valence-corrected chi connectivity index (χ1v) is 9.68. The summed E-state index contributed by atoms with van der Waals surface area (Å²) in [7, 11) is 0. The standard InChI is InChI=1S/C20H20N2O4S/c1-3-22(10-14-5-7-16-18(8-14)25-12-24-16)19(23)9-15-11-27-20(21-15)17-6-4-13(2)26-17/h4-8,11H,3,9-10,12H2,1-2H3. The number of aryl methyl sites for hydroxylation is 1. The molecule has 0 atom stereocenters. The second-order valence-corrected chi connectivity index (χ2v) is 7.18. The molecule has 0 aliphatic carbocycles. The lowest BCUT2D eigenvalue weighted by molar-refractivity contribution is -0.130. The van der Waals surface area contributed by atoms with Crippen LogP contribution >= 0.6 is 11.3 Å². The molecule has 0 spiro atoms. The van der Waals surface area contributed by atoms with E-state index in [1.165, 1.54) is 11.3 Å². The van der Waals surface area contributed by atoms with Gasteiger partial charge in [-0.3, -0.25) is 4.79 Å². The quantitative estimate of drug-likeness (QED) is 0.642. The van der Waals surface area contributed by atoms with E-state index in [0.717, 1.165) is 39.3 Å². The van der Waals surface area contributed by atoms with E-state index in [1.54, 1.807) is 0 Å². The summed E-state index contributed by atoms with van der Waals surface area (Å²) in [6.07, 6.45) is 0.272. The van der Waals surface area contributed by atoms with Gasteiger partial charge in [0.2, 0.25) is 12.7 Å². The Kier molecular flexibility index (Phi) is 4.85. The van der Waals surface area contributed by atoms with Gasteiger partial charge in [-0.1, -0.05) is 6.07 Å². The normalized spacial score (nSPS) is 12.4. The van der Waals surface area contributed by atoms with E-state index < -0.39 is 0 Å². The molecule has 0 unspecified atom stereocenters. The van der Waals surface area contributed by atoms with Crippen LogP contribution in [0.2, 0.25) is 0 Å². The minimum atomic E-state index is 0.0441. The molecule has 4 rings (SSSR count). The maximum atomic E-state index is 12.7. The number of ether oxygens (including phenoxy) is 2. The summed E-state index contributed by atoms with van der Waals surface area (Å²) in [4.78, 5) is 19.1. The summed E-state index contributed by atoms with van der Waals surface area (Å²) in [6, 6.07) is 9.58. The molecule has 0 fully saturated rings. The van der Waals surface area contributed by atoms with E-state index in [9.17, 15) is 4.79 Å². The Balaban J connectivity index is 1.42. The van der Waals surface area contributed by atoms with E-state index in [2.05, 4.69) is 4.98 Å². The first-order chi connectivity index (χ1) is 13.1. The highest BCUT2D eigenvalue weighted by Crippen LogP contribution is 2.33. The van der Waals surface area contributed by atoms with E-state index >= 15 is 0 Å². The third kappa shape index (κ3) is 3.83. The van der Waals surface area contributed by atoms with Crippen molar-refractivity contribution < 1.29 is 18.7 Å². The van der Waals surface area contributed by atoms with Crippen LogP contribution in [0.5, 0.6) is 11.5 Å². The predicted molar refractivity (Wildman–Crippen MR) is 102 cm³/mol. The van der Waals surface area contributed by atoms with E-state index in [1.807, 2.05) is 54.5 Å². The van der Waals surface area contributed by atoms with Crippen molar-refractivity contribution in [3.8, 4) is 22.3 Å². The second-order valence-electron chi connectivity index (χ2n) is 6.33. The van der Waals surface area contributed by atoms with Gasteiger partial charge in [-0.05, 0) is 43.7 Å². The van der Waals surface area contributed by atoms with Crippen LogP contribution in [0.1, 0.15) is 23.9 Å². The first kappa shape index (κ1) is 17.6. The van der Waals surface area contributed by atoms with Gasteiger partial charge in [0.05, 0.1) is 12.1 Å². The largest absolute Gasteiger partial charge is 0.459 e. The number of hydrogen-bond acceptors (Lipinski definition) is 6. The van der Waals surface area contributed by atoms with Crippen molar-refractivity contribution >= 4 is 17.2 Å². The van der Waals surface area contributed by atoms with Crippen LogP contribution in [0, 0.1) is 6.92 Å². The topological polar surface area (TPSA) is 64.8 Å². The Morgan fingerprint density at radius 3 is 2.85 bits per heavy atom. The molecule has 0 saturated carbocycles. The molecule has 140 valence electrons. The van der Waals surface area contributed by atoms with Gasteiger partial charge < -0.3 is 18.8 Å². The number of likely N-dealkylation sites (N-methyl/N-ethyl adjacent to an activating group) is 1. The molecule has 27 heavy (non-hydrogen) atoms. The number of fused-ring (bicyclic) bond motifs is 1. The molecule has 1 aliphatic heterocycles. The van der Waals surface area contributed by atoms with Gasteiger partial charge in [0.25, 0.3) is 0 Å². The maximum absolute atomic E-state index is 12.7. The summed E-state index contributed by atoms with van der Waals surface area (Å²) in [5, 5.41) is 2.71. The van der Waals surface area contributed by atoms with Crippen LogP contribution in [-0.4, -0.2) is 29.1 Å². The van der Waals surface area contributed by atoms with Gasteiger partial charge in [-0.25, -0.2) is 4.98 Å². The molecule has 3 heterocycles. The highest BCUT2D eigenvalue weighted by molar-refractivity contribution is 7.13. The molecule has 6 nitrogen and oxygen atoms in total. The number of rotatable bonds is 6. The van der Waals surface area contributed by atoms with E-state index in [0.29, 0.717) is 13.1 Å². The van der Waals surface area contributed by atoms with Crippen LogP contribution in [0.4, 0.5) is 0 Å². The van der Waals surface area contributed by atoms with Gasteiger partial charge in [0.15, 0.2) is 22.3 Å². The van der Waals surface area contributed by atoms with Crippen molar-refractivity contribution in [1.29, 1.82) is 0 Å². The summed E-state index contributed by atoms with van der Waals surface area (Å²) in [5.74, 6) is 3.11. The monoisotopic (exact) mass is 384 g/mol. The second kappa shape index (κ2) is 7.44. The van der Waals surface area contributed by atoms with Crippen LogP contribution in [0.3, 0.4) is 0 Å². The van der Waals surface area contributed by atoms with Gasteiger partial charge in [0, 0.05) is 18.5 Å². The first-order valence-electron chi connectivity index (χ1n) is 8.80. The zero-order chi connectivity index (χ0) is 18.8. The molecule has 0 N–H and O–H groups in total. The Morgan fingerprint density at radius 2 is 2.07 bits per heavy atom. The lowest BCUT2D eigenvalue weighted by Gasteiger charge is -2.20. The van der Waals surface area contributed by atoms with Crippen LogP contribution in [0.15, 0.2) is 40.1 Å². The number of carbonyl (C=O) groups excluding carboxylic acids is 1. The fourth-order valence-electron chi connectivity index (χ4n) is 2.95. The Labute approximate surface area is 161 Å². The Hall–Kier alpha value is -2.80. The molecule has 1 aromatic carbocycles. The van der Waals surface area contributed by atoms with Gasteiger partial charge in [-0.15, -0.1) is 11.3 Å². The molecule has 0 radical (unpaired) electrons. The molecule has 7 heteroatoms. The fourth-order valence-corrected chi connectivity index (χ4v) is 3.73. The molecule has 3 aromatic rings. The molecular weight excluding hydrogens is 364 g/mol. The van der Waals surface area contributed by atoms with Gasteiger partial charge in [0.1, 0.15) is 5.76 Å². The van der Waals surface area contributed by atoms with Crippen LogP contribution < -0.4 is 9.47 Å². The minimum absolute atomic E-state index is 0.0441. The fraction of sp³-hybridized carbons (Fsp3) is 0.300. The zero-order valence-electron chi connectivity index (χ0n) is 15.2. The van der Waals surface area contributed by atoms with Gasteiger partial charge >= 0.3 is 0 Å². The smallest absolute Gasteiger partial charge is 0.231 e. The maximum Gasteiger partial charge on any atom is 0.231 e. The lowest BCUT2D eigenvalue weighted by Crippen LogP contribution is -2.31. The number of carbonyl (C=O) groups is 1. The summed E-state index contributed by atoms with van der Waals surface area (Å²) >= 11 is 1.49. The van der Waals surface area contributed by atoms with Crippen molar-refractivity contribution in [2.45, 2.75) is 26.8 Å². The third-order valence-corrected chi connectivity index (χ3v) is 5.29. The number of furan rings is 1. The lowest BCUT2D eigenvalue weighted by atomic mass is 10.1. The Morgan fingerprint density at radius 1 is 1.22 bits per heavy atom. The van der Waals surface area contributed by atoms with E-state index in [4.69, 9.17) is 13.9 Å². The summed E-state index contributed by atoms with van der Waals surface area (Å²) in [5.41, 5.74) is 1.78. The van der Waals surface area contributed by atoms with E-state index in [-0.39, 0.29) is 19.1 Å².